The highest BCUT2D eigenvalue weighted by Gasteiger charge is 2.10. The molecule has 0 saturated carbocycles. The highest BCUT2D eigenvalue weighted by atomic mass is 35.5. The molecule has 0 spiro atoms. The number of nitrogens with zero attached hydrogens (tertiary/aromatic N) is 2. The third kappa shape index (κ3) is 2.70. The zero-order valence-corrected chi connectivity index (χ0v) is 9.47. The van der Waals surface area contributed by atoms with E-state index in [9.17, 15) is 0 Å². The standard InChI is InChI=1S/C9H16ClN3O/c1-6(14)4-11-5-8-7(2)12-13(3)9(8)10/h6,11,14H,4-5H2,1-3H3/t6-/m1/s1. The topological polar surface area (TPSA) is 50.1 Å². The van der Waals surface area contributed by atoms with Gasteiger partial charge in [0.2, 0.25) is 0 Å². The van der Waals surface area contributed by atoms with Gasteiger partial charge in [-0.2, -0.15) is 5.10 Å². The van der Waals surface area contributed by atoms with Crippen molar-refractivity contribution in [3.63, 3.8) is 0 Å². The summed E-state index contributed by atoms with van der Waals surface area (Å²) >= 11 is 6.03. The summed E-state index contributed by atoms with van der Waals surface area (Å²) in [7, 11) is 1.81. The van der Waals surface area contributed by atoms with Crippen LogP contribution in [0.2, 0.25) is 5.15 Å². The fourth-order valence-electron chi connectivity index (χ4n) is 1.28. The van der Waals surface area contributed by atoms with Crippen molar-refractivity contribution >= 4 is 11.6 Å². The van der Waals surface area contributed by atoms with Crippen LogP contribution < -0.4 is 5.32 Å². The van der Waals surface area contributed by atoms with Crippen LogP contribution in [0.1, 0.15) is 18.2 Å². The van der Waals surface area contributed by atoms with Gasteiger partial charge in [-0.1, -0.05) is 11.6 Å². The molecule has 4 nitrogen and oxygen atoms in total. The van der Waals surface area contributed by atoms with Gasteiger partial charge in [0.25, 0.3) is 0 Å². The van der Waals surface area contributed by atoms with E-state index in [0.717, 1.165) is 11.3 Å². The first-order valence-corrected chi connectivity index (χ1v) is 4.97. The van der Waals surface area contributed by atoms with Crippen molar-refractivity contribution in [1.82, 2.24) is 15.1 Å². The molecule has 2 N–H and O–H groups in total. The van der Waals surface area contributed by atoms with Crippen molar-refractivity contribution in [3.8, 4) is 0 Å². The van der Waals surface area contributed by atoms with E-state index in [1.54, 1.807) is 11.6 Å². The lowest BCUT2D eigenvalue weighted by Crippen LogP contribution is -2.24. The normalized spacial score (nSPS) is 13.2. The Kier molecular flexibility index (Phi) is 3.92. The van der Waals surface area contributed by atoms with Crippen molar-refractivity contribution in [2.75, 3.05) is 6.54 Å². The second-order valence-corrected chi connectivity index (χ2v) is 3.82. The predicted octanol–water partition coefficient (Wildman–Crippen LogP) is 0.852. The number of aryl methyl sites for hydroxylation is 2. The molecule has 0 saturated heterocycles. The summed E-state index contributed by atoms with van der Waals surface area (Å²) in [6.45, 7) is 4.87. The molecule has 0 aliphatic heterocycles. The minimum absolute atomic E-state index is 0.342. The van der Waals surface area contributed by atoms with E-state index in [-0.39, 0.29) is 6.10 Å². The zero-order valence-electron chi connectivity index (χ0n) is 8.71. The van der Waals surface area contributed by atoms with Gasteiger partial charge in [-0.3, -0.25) is 4.68 Å². The Bertz CT molecular complexity index is 309. The Labute approximate surface area is 88.9 Å². The maximum Gasteiger partial charge on any atom is 0.131 e. The first kappa shape index (κ1) is 11.5. The Hall–Kier alpha value is -0.580. The number of halogens is 1. The van der Waals surface area contributed by atoms with Gasteiger partial charge in [-0.05, 0) is 13.8 Å². The van der Waals surface area contributed by atoms with Crippen LogP contribution >= 0.6 is 11.6 Å². The summed E-state index contributed by atoms with van der Waals surface area (Å²) in [5.74, 6) is 0. The molecule has 0 aliphatic carbocycles. The molecule has 0 fully saturated rings. The molecule has 1 heterocycles. The minimum Gasteiger partial charge on any atom is -0.392 e. The zero-order chi connectivity index (χ0) is 10.7. The molecular formula is C9H16ClN3O. The molecule has 14 heavy (non-hydrogen) atoms. The average Bonchev–Trinajstić information content (AvgIpc) is 2.31. The van der Waals surface area contributed by atoms with E-state index >= 15 is 0 Å². The van der Waals surface area contributed by atoms with Crippen LogP contribution in [-0.4, -0.2) is 27.5 Å². The van der Waals surface area contributed by atoms with Crippen molar-refractivity contribution in [2.24, 2.45) is 7.05 Å². The number of rotatable bonds is 4. The number of nitrogens with one attached hydrogen (secondary N) is 1. The molecular weight excluding hydrogens is 202 g/mol. The monoisotopic (exact) mass is 217 g/mol. The Balaban J connectivity index is 2.58. The maximum absolute atomic E-state index is 9.06. The SMILES string of the molecule is Cc1nn(C)c(Cl)c1CNC[C@@H](C)O. The van der Waals surface area contributed by atoms with Gasteiger partial charge in [-0.15, -0.1) is 0 Å². The lowest BCUT2D eigenvalue weighted by Gasteiger charge is -2.06. The first-order valence-electron chi connectivity index (χ1n) is 4.59. The average molecular weight is 218 g/mol. The second-order valence-electron chi connectivity index (χ2n) is 3.46. The summed E-state index contributed by atoms with van der Waals surface area (Å²) in [5, 5.41) is 17.0. The molecule has 1 aromatic heterocycles. The number of aliphatic hydroxyl groups is 1. The van der Waals surface area contributed by atoms with Crippen molar-refractivity contribution in [2.45, 2.75) is 26.5 Å². The van der Waals surface area contributed by atoms with Crippen molar-refractivity contribution < 1.29 is 5.11 Å². The van der Waals surface area contributed by atoms with Crippen LogP contribution in [0.4, 0.5) is 0 Å². The predicted molar refractivity (Wildman–Crippen MR) is 56.3 cm³/mol. The molecule has 0 aliphatic rings. The Morgan fingerprint density at radius 1 is 1.64 bits per heavy atom. The van der Waals surface area contributed by atoms with Crippen LogP contribution in [0.5, 0.6) is 0 Å². The van der Waals surface area contributed by atoms with E-state index < -0.39 is 0 Å². The third-order valence-electron chi connectivity index (χ3n) is 2.01. The molecule has 0 aromatic carbocycles. The molecule has 1 rings (SSSR count). The van der Waals surface area contributed by atoms with Gasteiger partial charge >= 0.3 is 0 Å². The van der Waals surface area contributed by atoms with Gasteiger partial charge in [0.15, 0.2) is 0 Å². The number of aromatic nitrogens is 2. The van der Waals surface area contributed by atoms with Crippen LogP contribution in [0.25, 0.3) is 0 Å². The Morgan fingerprint density at radius 2 is 2.29 bits per heavy atom. The van der Waals surface area contributed by atoms with Crippen molar-refractivity contribution in [1.29, 1.82) is 0 Å². The number of hydrogen-bond acceptors (Lipinski definition) is 3. The summed E-state index contributed by atoms with van der Waals surface area (Å²) < 4.78 is 1.65. The third-order valence-corrected chi connectivity index (χ3v) is 2.48. The quantitative estimate of drug-likeness (QED) is 0.787. The van der Waals surface area contributed by atoms with Crippen LogP contribution in [0.3, 0.4) is 0 Å². The van der Waals surface area contributed by atoms with Crippen LogP contribution in [0.15, 0.2) is 0 Å². The highest BCUT2D eigenvalue weighted by Crippen LogP contribution is 2.17. The van der Waals surface area contributed by atoms with Crippen molar-refractivity contribution in [3.05, 3.63) is 16.4 Å². The first-order chi connectivity index (χ1) is 6.52. The minimum atomic E-state index is -0.342. The smallest absolute Gasteiger partial charge is 0.131 e. The van der Waals surface area contributed by atoms with E-state index in [1.165, 1.54) is 0 Å². The van der Waals surface area contributed by atoms with E-state index in [0.29, 0.717) is 18.2 Å². The molecule has 0 unspecified atom stereocenters. The van der Waals surface area contributed by atoms with E-state index in [2.05, 4.69) is 10.4 Å². The largest absolute Gasteiger partial charge is 0.392 e. The summed E-state index contributed by atoms with van der Waals surface area (Å²) in [4.78, 5) is 0. The molecule has 1 atom stereocenters. The molecule has 0 bridgehead atoms. The Morgan fingerprint density at radius 3 is 2.71 bits per heavy atom. The van der Waals surface area contributed by atoms with Gasteiger partial charge < -0.3 is 10.4 Å². The molecule has 5 heteroatoms. The number of aliphatic hydroxyl groups excluding tert-OH is 1. The van der Waals surface area contributed by atoms with Crippen LogP contribution in [0, 0.1) is 6.92 Å². The van der Waals surface area contributed by atoms with Gasteiger partial charge in [-0.25, -0.2) is 0 Å². The fraction of sp³-hybridized carbons (Fsp3) is 0.667. The molecule has 0 amide bonds. The maximum atomic E-state index is 9.06. The summed E-state index contributed by atoms with van der Waals surface area (Å²) in [6, 6.07) is 0. The molecule has 1 aromatic rings. The van der Waals surface area contributed by atoms with E-state index in [1.807, 2.05) is 14.0 Å². The molecule has 0 radical (unpaired) electrons. The van der Waals surface area contributed by atoms with Gasteiger partial charge in [0.05, 0.1) is 11.8 Å². The number of hydrogen-bond donors (Lipinski definition) is 2. The molecule has 80 valence electrons. The summed E-state index contributed by atoms with van der Waals surface area (Å²) in [6.07, 6.45) is -0.342. The van der Waals surface area contributed by atoms with Crippen LogP contribution in [-0.2, 0) is 13.6 Å². The summed E-state index contributed by atoms with van der Waals surface area (Å²) in [5.41, 5.74) is 1.92. The lowest BCUT2D eigenvalue weighted by molar-refractivity contribution is 0.191. The highest BCUT2D eigenvalue weighted by molar-refractivity contribution is 6.30. The fourth-order valence-corrected chi connectivity index (χ4v) is 1.52. The van der Waals surface area contributed by atoms with E-state index in [4.69, 9.17) is 16.7 Å². The lowest BCUT2D eigenvalue weighted by atomic mass is 10.2. The van der Waals surface area contributed by atoms with Gasteiger partial charge in [0.1, 0.15) is 5.15 Å². The van der Waals surface area contributed by atoms with Gasteiger partial charge in [0, 0.05) is 25.7 Å². The second kappa shape index (κ2) is 4.77.